The van der Waals surface area contributed by atoms with Crippen LogP contribution < -0.4 is 10.1 Å². The smallest absolute Gasteiger partial charge is 0.126 e. The SMILES string of the molecule is CCOc1ccccc1C=C(C)CNCCOC. The molecule has 0 unspecified atom stereocenters. The molecular weight excluding hydrogens is 226 g/mol. The normalized spacial score (nSPS) is 11.6. The lowest BCUT2D eigenvalue weighted by Crippen LogP contribution is -2.20. The summed E-state index contributed by atoms with van der Waals surface area (Å²) in [5.74, 6) is 0.941. The van der Waals surface area contributed by atoms with Gasteiger partial charge in [0.15, 0.2) is 0 Å². The molecule has 0 atom stereocenters. The zero-order valence-electron chi connectivity index (χ0n) is 11.5. The topological polar surface area (TPSA) is 30.5 Å². The molecule has 0 aliphatic rings. The van der Waals surface area contributed by atoms with E-state index in [4.69, 9.17) is 9.47 Å². The molecular formula is C15H23NO2. The Morgan fingerprint density at radius 2 is 2.11 bits per heavy atom. The largest absolute Gasteiger partial charge is 0.493 e. The zero-order chi connectivity index (χ0) is 13.2. The van der Waals surface area contributed by atoms with Crippen molar-refractivity contribution in [2.24, 2.45) is 0 Å². The first kappa shape index (κ1) is 14.7. The van der Waals surface area contributed by atoms with E-state index in [2.05, 4.69) is 24.4 Å². The van der Waals surface area contributed by atoms with E-state index in [1.54, 1.807) is 7.11 Å². The summed E-state index contributed by atoms with van der Waals surface area (Å²) in [5, 5.41) is 3.32. The second-order valence-electron chi connectivity index (χ2n) is 4.13. The van der Waals surface area contributed by atoms with Crippen molar-refractivity contribution in [3.8, 4) is 5.75 Å². The first-order chi connectivity index (χ1) is 8.77. The summed E-state index contributed by atoms with van der Waals surface area (Å²) in [6.45, 7) is 7.28. The number of rotatable bonds is 8. The van der Waals surface area contributed by atoms with Crippen molar-refractivity contribution in [1.82, 2.24) is 5.32 Å². The Balaban J connectivity index is 2.58. The Hall–Kier alpha value is -1.32. The van der Waals surface area contributed by atoms with Gasteiger partial charge in [0.25, 0.3) is 0 Å². The van der Waals surface area contributed by atoms with Gasteiger partial charge in [-0.2, -0.15) is 0 Å². The lowest BCUT2D eigenvalue weighted by molar-refractivity contribution is 0.200. The van der Waals surface area contributed by atoms with Crippen molar-refractivity contribution in [2.45, 2.75) is 13.8 Å². The molecule has 100 valence electrons. The number of benzene rings is 1. The molecule has 0 saturated heterocycles. The van der Waals surface area contributed by atoms with E-state index < -0.39 is 0 Å². The predicted octanol–water partition coefficient (Wildman–Crippen LogP) is 2.72. The minimum atomic E-state index is 0.690. The lowest BCUT2D eigenvalue weighted by Gasteiger charge is -2.08. The van der Waals surface area contributed by atoms with Crippen molar-refractivity contribution >= 4 is 6.08 Å². The molecule has 18 heavy (non-hydrogen) atoms. The highest BCUT2D eigenvalue weighted by atomic mass is 16.5. The van der Waals surface area contributed by atoms with Gasteiger partial charge >= 0.3 is 0 Å². The van der Waals surface area contributed by atoms with Crippen LogP contribution in [0.15, 0.2) is 29.8 Å². The maximum absolute atomic E-state index is 5.60. The van der Waals surface area contributed by atoms with Crippen LogP contribution in [0.1, 0.15) is 19.4 Å². The second kappa shape index (κ2) is 8.72. The molecule has 1 rings (SSSR count). The molecule has 0 aliphatic heterocycles. The molecule has 0 fully saturated rings. The number of nitrogens with one attached hydrogen (secondary N) is 1. The van der Waals surface area contributed by atoms with Gasteiger partial charge in [0, 0.05) is 25.8 Å². The van der Waals surface area contributed by atoms with E-state index in [1.165, 1.54) is 5.57 Å². The summed E-state index contributed by atoms with van der Waals surface area (Å²) in [5.41, 5.74) is 2.41. The number of hydrogen-bond acceptors (Lipinski definition) is 3. The van der Waals surface area contributed by atoms with Crippen LogP contribution in [-0.2, 0) is 4.74 Å². The van der Waals surface area contributed by atoms with Crippen molar-refractivity contribution in [3.05, 3.63) is 35.4 Å². The van der Waals surface area contributed by atoms with Gasteiger partial charge < -0.3 is 14.8 Å². The molecule has 1 N–H and O–H groups in total. The minimum absolute atomic E-state index is 0.690. The Morgan fingerprint density at radius 3 is 2.83 bits per heavy atom. The first-order valence-corrected chi connectivity index (χ1v) is 6.36. The van der Waals surface area contributed by atoms with Crippen LogP contribution in [0.4, 0.5) is 0 Å². The van der Waals surface area contributed by atoms with Crippen molar-refractivity contribution in [3.63, 3.8) is 0 Å². The van der Waals surface area contributed by atoms with Gasteiger partial charge in [-0.1, -0.05) is 29.8 Å². The molecule has 3 heteroatoms. The van der Waals surface area contributed by atoms with E-state index >= 15 is 0 Å². The van der Waals surface area contributed by atoms with Crippen molar-refractivity contribution < 1.29 is 9.47 Å². The van der Waals surface area contributed by atoms with Crippen LogP contribution in [0, 0.1) is 0 Å². The van der Waals surface area contributed by atoms with Gasteiger partial charge in [-0.25, -0.2) is 0 Å². The van der Waals surface area contributed by atoms with Crippen LogP contribution >= 0.6 is 0 Å². The summed E-state index contributed by atoms with van der Waals surface area (Å²) < 4.78 is 10.6. The summed E-state index contributed by atoms with van der Waals surface area (Å²) in [7, 11) is 1.71. The molecule has 0 bridgehead atoms. The zero-order valence-corrected chi connectivity index (χ0v) is 11.5. The van der Waals surface area contributed by atoms with E-state index in [-0.39, 0.29) is 0 Å². The maximum atomic E-state index is 5.60. The van der Waals surface area contributed by atoms with Crippen LogP contribution in [0.3, 0.4) is 0 Å². The summed E-state index contributed by atoms with van der Waals surface area (Å²) >= 11 is 0. The number of ether oxygens (including phenoxy) is 2. The number of para-hydroxylation sites is 1. The maximum Gasteiger partial charge on any atom is 0.126 e. The highest BCUT2D eigenvalue weighted by Crippen LogP contribution is 2.20. The van der Waals surface area contributed by atoms with Gasteiger partial charge in [0.1, 0.15) is 5.75 Å². The average Bonchev–Trinajstić information content (AvgIpc) is 2.37. The minimum Gasteiger partial charge on any atom is -0.493 e. The average molecular weight is 249 g/mol. The third kappa shape index (κ3) is 5.34. The molecule has 3 nitrogen and oxygen atoms in total. The van der Waals surface area contributed by atoms with Gasteiger partial charge in [-0.3, -0.25) is 0 Å². The van der Waals surface area contributed by atoms with Crippen molar-refractivity contribution in [1.29, 1.82) is 0 Å². The van der Waals surface area contributed by atoms with E-state index in [9.17, 15) is 0 Å². The number of hydrogen-bond donors (Lipinski definition) is 1. The van der Waals surface area contributed by atoms with E-state index in [1.807, 2.05) is 25.1 Å². The molecule has 0 aliphatic carbocycles. The number of methoxy groups -OCH3 is 1. The predicted molar refractivity (Wildman–Crippen MR) is 76.0 cm³/mol. The molecule has 0 heterocycles. The van der Waals surface area contributed by atoms with Crippen LogP contribution in [0.2, 0.25) is 0 Å². The Bertz CT molecular complexity index is 375. The van der Waals surface area contributed by atoms with Crippen molar-refractivity contribution in [2.75, 3.05) is 33.4 Å². The monoisotopic (exact) mass is 249 g/mol. The van der Waals surface area contributed by atoms with Crippen LogP contribution in [-0.4, -0.2) is 33.4 Å². The lowest BCUT2D eigenvalue weighted by atomic mass is 10.1. The quantitative estimate of drug-likeness (QED) is 0.719. The fraction of sp³-hybridized carbons (Fsp3) is 0.467. The molecule has 1 aromatic rings. The molecule has 0 aromatic heterocycles. The second-order valence-corrected chi connectivity index (χ2v) is 4.13. The van der Waals surface area contributed by atoms with E-state index in [0.29, 0.717) is 6.61 Å². The fourth-order valence-electron chi connectivity index (χ4n) is 1.66. The van der Waals surface area contributed by atoms with Gasteiger partial charge in [0.05, 0.1) is 13.2 Å². The summed E-state index contributed by atoms with van der Waals surface area (Å²) in [6.07, 6.45) is 2.16. The molecule has 0 radical (unpaired) electrons. The Kier molecular flexibility index (Phi) is 7.14. The van der Waals surface area contributed by atoms with Gasteiger partial charge in [-0.15, -0.1) is 0 Å². The molecule has 0 amide bonds. The van der Waals surface area contributed by atoms with Crippen LogP contribution in [0.25, 0.3) is 6.08 Å². The molecule has 0 saturated carbocycles. The summed E-state index contributed by atoms with van der Waals surface area (Å²) in [4.78, 5) is 0. The van der Waals surface area contributed by atoms with Gasteiger partial charge in [-0.05, 0) is 19.9 Å². The van der Waals surface area contributed by atoms with Crippen LogP contribution in [0.5, 0.6) is 5.75 Å². The summed E-state index contributed by atoms with van der Waals surface area (Å²) in [6, 6.07) is 8.10. The Morgan fingerprint density at radius 1 is 1.33 bits per heavy atom. The van der Waals surface area contributed by atoms with E-state index in [0.717, 1.165) is 31.0 Å². The van der Waals surface area contributed by atoms with Gasteiger partial charge in [0.2, 0.25) is 0 Å². The molecule has 1 aromatic carbocycles. The third-order valence-electron chi connectivity index (χ3n) is 2.51. The standard InChI is InChI=1S/C15H23NO2/c1-4-18-15-8-6-5-7-14(15)11-13(2)12-16-9-10-17-3/h5-8,11,16H,4,9-10,12H2,1-3H3. The Labute approximate surface area is 110 Å². The third-order valence-corrected chi connectivity index (χ3v) is 2.51. The highest BCUT2D eigenvalue weighted by Gasteiger charge is 1.99. The highest BCUT2D eigenvalue weighted by molar-refractivity contribution is 5.59. The fourth-order valence-corrected chi connectivity index (χ4v) is 1.66. The first-order valence-electron chi connectivity index (χ1n) is 6.36. The molecule has 0 spiro atoms.